The molecular weight excluding hydrogens is 346 g/mol. The predicted molar refractivity (Wildman–Crippen MR) is 114 cm³/mol. The van der Waals surface area contributed by atoms with Crippen LogP contribution in [0.4, 0.5) is 5.69 Å². The Morgan fingerprint density at radius 3 is 2.43 bits per heavy atom. The molecule has 1 heterocycles. The molecule has 0 saturated heterocycles. The van der Waals surface area contributed by atoms with E-state index in [1.165, 1.54) is 5.56 Å². The van der Waals surface area contributed by atoms with Gasteiger partial charge in [0.25, 0.3) is 5.91 Å². The van der Waals surface area contributed by atoms with Gasteiger partial charge in [0.05, 0.1) is 5.69 Å². The summed E-state index contributed by atoms with van der Waals surface area (Å²) in [5, 5.41) is 0. The first-order chi connectivity index (χ1) is 13.7. The Morgan fingerprint density at radius 1 is 0.929 bits per heavy atom. The lowest BCUT2D eigenvalue weighted by Crippen LogP contribution is -2.25. The van der Waals surface area contributed by atoms with Crippen molar-refractivity contribution in [2.45, 2.75) is 20.5 Å². The molecule has 3 nitrogen and oxygen atoms in total. The van der Waals surface area contributed by atoms with Gasteiger partial charge in [0, 0.05) is 23.2 Å². The number of benzene rings is 3. The molecule has 0 atom stereocenters. The van der Waals surface area contributed by atoms with Crippen LogP contribution < -0.4 is 9.64 Å². The molecule has 0 aromatic heterocycles. The number of para-hydroxylation sites is 2. The Kier molecular flexibility index (Phi) is 4.98. The molecule has 3 aromatic carbocycles. The van der Waals surface area contributed by atoms with Crippen LogP contribution in [0.1, 0.15) is 29.2 Å². The average Bonchev–Trinajstić information content (AvgIpc) is 2.99. The third-order valence-electron chi connectivity index (χ3n) is 5.01. The van der Waals surface area contributed by atoms with E-state index < -0.39 is 0 Å². The van der Waals surface area contributed by atoms with Crippen molar-refractivity contribution in [1.82, 2.24) is 0 Å². The zero-order valence-electron chi connectivity index (χ0n) is 16.2. The van der Waals surface area contributed by atoms with Crippen LogP contribution in [0.15, 0.2) is 72.8 Å². The van der Waals surface area contributed by atoms with Crippen LogP contribution >= 0.6 is 0 Å². The van der Waals surface area contributed by atoms with Crippen molar-refractivity contribution in [2.24, 2.45) is 0 Å². The van der Waals surface area contributed by atoms with Gasteiger partial charge in [0.2, 0.25) is 0 Å². The van der Waals surface area contributed by atoms with E-state index in [1.54, 1.807) is 0 Å². The predicted octanol–water partition coefficient (Wildman–Crippen LogP) is 5.48. The summed E-state index contributed by atoms with van der Waals surface area (Å²) in [5.74, 6) is 0.813. The lowest BCUT2D eigenvalue weighted by molar-refractivity contribution is -0.112. The van der Waals surface area contributed by atoms with Crippen LogP contribution in [0.5, 0.6) is 5.75 Å². The molecule has 0 spiro atoms. The highest BCUT2D eigenvalue weighted by atomic mass is 16.5. The Bertz CT molecular complexity index is 1030. The van der Waals surface area contributed by atoms with Crippen molar-refractivity contribution >= 4 is 23.2 Å². The van der Waals surface area contributed by atoms with Gasteiger partial charge in [-0.3, -0.25) is 4.79 Å². The van der Waals surface area contributed by atoms with Crippen LogP contribution in [-0.4, -0.2) is 12.5 Å². The monoisotopic (exact) mass is 369 g/mol. The van der Waals surface area contributed by atoms with Crippen LogP contribution in [0, 0.1) is 6.92 Å². The summed E-state index contributed by atoms with van der Waals surface area (Å²) in [6.07, 6.45) is 1.95. The lowest BCUT2D eigenvalue weighted by atomic mass is 10.0. The van der Waals surface area contributed by atoms with E-state index in [0.29, 0.717) is 18.7 Å². The van der Waals surface area contributed by atoms with Gasteiger partial charge >= 0.3 is 0 Å². The van der Waals surface area contributed by atoms with Gasteiger partial charge in [0.1, 0.15) is 12.4 Å². The molecular formula is C25H23NO2. The van der Waals surface area contributed by atoms with E-state index in [0.717, 1.165) is 28.1 Å². The third kappa shape index (κ3) is 3.44. The number of ether oxygens (including phenoxy) is 1. The van der Waals surface area contributed by atoms with E-state index in [1.807, 2.05) is 66.4 Å². The Morgan fingerprint density at radius 2 is 1.64 bits per heavy atom. The molecule has 3 heteroatoms. The minimum absolute atomic E-state index is 0.0389. The van der Waals surface area contributed by atoms with Crippen LogP contribution in [0.2, 0.25) is 0 Å². The van der Waals surface area contributed by atoms with Gasteiger partial charge < -0.3 is 9.64 Å². The number of anilines is 1. The number of carbonyl (C=O) groups is 1. The van der Waals surface area contributed by atoms with Crippen LogP contribution in [-0.2, 0) is 11.4 Å². The highest BCUT2D eigenvalue weighted by Crippen LogP contribution is 2.38. The molecule has 28 heavy (non-hydrogen) atoms. The van der Waals surface area contributed by atoms with Crippen LogP contribution in [0.25, 0.3) is 11.6 Å². The minimum Gasteiger partial charge on any atom is -0.488 e. The number of amides is 1. The summed E-state index contributed by atoms with van der Waals surface area (Å²) in [7, 11) is 0. The summed E-state index contributed by atoms with van der Waals surface area (Å²) in [6.45, 7) is 5.21. The van der Waals surface area contributed by atoms with Gasteiger partial charge in [-0.25, -0.2) is 0 Å². The second-order valence-corrected chi connectivity index (χ2v) is 6.94. The number of aryl methyl sites for hydroxylation is 1. The zero-order valence-corrected chi connectivity index (χ0v) is 16.2. The normalized spacial score (nSPS) is 14.4. The van der Waals surface area contributed by atoms with Crippen molar-refractivity contribution in [1.29, 1.82) is 0 Å². The maximum atomic E-state index is 12.9. The van der Waals surface area contributed by atoms with Gasteiger partial charge in [-0.05, 0) is 37.6 Å². The molecule has 0 unspecified atom stereocenters. The minimum atomic E-state index is 0.0389. The first-order valence-electron chi connectivity index (χ1n) is 9.57. The fourth-order valence-corrected chi connectivity index (χ4v) is 3.49. The molecule has 0 saturated carbocycles. The number of nitrogens with zero attached hydrogens (tertiary/aromatic N) is 1. The maximum Gasteiger partial charge on any atom is 0.258 e. The molecule has 0 aliphatic carbocycles. The molecule has 1 aliphatic rings. The number of hydrogen-bond donors (Lipinski definition) is 0. The fraction of sp³-hybridized carbons (Fsp3) is 0.160. The van der Waals surface area contributed by atoms with E-state index in [4.69, 9.17) is 4.74 Å². The van der Waals surface area contributed by atoms with E-state index in [2.05, 4.69) is 31.2 Å². The quantitative estimate of drug-likeness (QED) is 0.557. The highest BCUT2D eigenvalue weighted by molar-refractivity contribution is 6.35. The number of likely N-dealkylation sites (N-methyl/N-ethyl adjacent to an activating group) is 1. The van der Waals surface area contributed by atoms with Gasteiger partial charge in [-0.15, -0.1) is 0 Å². The maximum absolute atomic E-state index is 12.9. The molecule has 0 bridgehead atoms. The lowest BCUT2D eigenvalue weighted by Gasteiger charge is -2.13. The van der Waals surface area contributed by atoms with Crippen molar-refractivity contribution in [2.75, 3.05) is 11.4 Å². The van der Waals surface area contributed by atoms with Gasteiger partial charge in [0.15, 0.2) is 0 Å². The highest BCUT2D eigenvalue weighted by Gasteiger charge is 2.30. The summed E-state index contributed by atoms with van der Waals surface area (Å²) in [5.41, 5.74) is 5.91. The molecule has 0 N–H and O–H groups in total. The van der Waals surface area contributed by atoms with E-state index >= 15 is 0 Å². The molecule has 1 amide bonds. The van der Waals surface area contributed by atoms with Crippen molar-refractivity contribution < 1.29 is 9.53 Å². The van der Waals surface area contributed by atoms with Crippen molar-refractivity contribution in [3.8, 4) is 5.75 Å². The fourth-order valence-electron chi connectivity index (χ4n) is 3.49. The topological polar surface area (TPSA) is 29.5 Å². The number of carbonyl (C=O) groups excluding carboxylic acids is 1. The molecule has 0 fully saturated rings. The van der Waals surface area contributed by atoms with Crippen molar-refractivity contribution in [3.05, 3.63) is 95.1 Å². The van der Waals surface area contributed by atoms with Crippen LogP contribution in [0.3, 0.4) is 0 Å². The second-order valence-electron chi connectivity index (χ2n) is 6.94. The zero-order chi connectivity index (χ0) is 19.5. The number of fused-ring (bicyclic) bond motifs is 1. The summed E-state index contributed by atoms with van der Waals surface area (Å²) in [4.78, 5) is 14.8. The van der Waals surface area contributed by atoms with E-state index in [-0.39, 0.29) is 5.91 Å². The van der Waals surface area contributed by atoms with Gasteiger partial charge in [-0.2, -0.15) is 0 Å². The smallest absolute Gasteiger partial charge is 0.258 e. The standard InChI is InChI=1S/C25H23NO2/c1-3-26-23-10-6-5-9-21(23)22(25(26)27)16-20-8-4-7-11-24(20)28-17-19-14-12-18(2)13-15-19/h4-16H,3,17H2,1-2H3/b22-16-. The molecule has 140 valence electrons. The number of rotatable bonds is 5. The molecule has 3 aromatic rings. The second kappa shape index (κ2) is 7.73. The SMILES string of the molecule is CCN1C(=O)/C(=C\c2ccccc2OCc2ccc(C)cc2)c2ccccc21. The molecule has 4 rings (SSSR count). The third-order valence-corrected chi connectivity index (χ3v) is 5.01. The van der Waals surface area contributed by atoms with Crippen molar-refractivity contribution in [3.63, 3.8) is 0 Å². The Balaban J connectivity index is 1.65. The Hall–Kier alpha value is -3.33. The summed E-state index contributed by atoms with van der Waals surface area (Å²) in [6, 6.07) is 24.1. The summed E-state index contributed by atoms with van der Waals surface area (Å²) < 4.78 is 6.08. The average molecular weight is 369 g/mol. The Labute approximate surface area is 165 Å². The van der Waals surface area contributed by atoms with E-state index in [9.17, 15) is 4.79 Å². The largest absolute Gasteiger partial charge is 0.488 e. The van der Waals surface area contributed by atoms with Gasteiger partial charge in [-0.1, -0.05) is 66.2 Å². The summed E-state index contributed by atoms with van der Waals surface area (Å²) >= 11 is 0. The first kappa shape index (κ1) is 18.1. The molecule has 0 radical (unpaired) electrons. The number of hydrogen-bond acceptors (Lipinski definition) is 2. The first-order valence-corrected chi connectivity index (χ1v) is 9.57. The molecule has 1 aliphatic heterocycles.